The van der Waals surface area contributed by atoms with Gasteiger partial charge in [0.15, 0.2) is 0 Å². The lowest BCUT2D eigenvalue weighted by molar-refractivity contribution is -0.138. The molecule has 1 aromatic heterocycles. The zero-order valence-corrected chi connectivity index (χ0v) is 11.8. The molecular weight excluding hydrogens is 283 g/mol. The van der Waals surface area contributed by atoms with Crippen LogP contribution in [0.4, 0.5) is 13.2 Å². The van der Waals surface area contributed by atoms with Crippen LogP contribution in [0.3, 0.4) is 0 Å². The third-order valence-corrected chi connectivity index (χ3v) is 3.11. The highest BCUT2D eigenvalue weighted by Crippen LogP contribution is 2.27. The summed E-state index contributed by atoms with van der Waals surface area (Å²) >= 11 is 0. The first-order valence-electron chi connectivity index (χ1n) is 6.79. The first kappa shape index (κ1) is 15.9. The van der Waals surface area contributed by atoms with Crippen LogP contribution in [0.2, 0.25) is 0 Å². The maximum absolute atomic E-state index is 12.1. The minimum Gasteiger partial charge on any atom is -0.459 e. The summed E-state index contributed by atoms with van der Waals surface area (Å²) in [5, 5.41) is 3.95. The van der Waals surface area contributed by atoms with Gasteiger partial charge in [-0.2, -0.15) is 13.2 Å². The lowest BCUT2D eigenvalue weighted by Gasteiger charge is -2.07. The first-order valence-corrected chi connectivity index (χ1v) is 6.79. The third kappa shape index (κ3) is 4.47. The Morgan fingerprint density at radius 3 is 2.71 bits per heavy atom. The summed E-state index contributed by atoms with van der Waals surface area (Å²) in [6.07, 6.45) is -4.97. The van der Waals surface area contributed by atoms with Gasteiger partial charge in [-0.1, -0.05) is 18.2 Å². The molecule has 0 saturated heterocycles. The second kappa shape index (κ2) is 6.95. The number of halogens is 3. The lowest BCUT2D eigenvalue weighted by Crippen LogP contribution is -2.09. The average molecular weight is 301 g/mol. The van der Waals surface area contributed by atoms with Crippen molar-refractivity contribution in [3.63, 3.8) is 0 Å². The van der Waals surface area contributed by atoms with Crippen LogP contribution >= 0.6 is 0 Å². The van der Waals surface area contributed by atoms with Gasteiger partial charge in [0.1, 0.15) is 11.3 Å². The Morgan fingerprint density at radius 1 is 1.24 bits per heavy atom. The fourth-order valence-electron chi connectivity index (χ4n) is 2.16. The number of hydrogen-bond donors (Lipinski definition) is 1. The number of ether oxygens (including phenoxy) is 1. The molecule has 0 aliphatic heterocycles. The SMILES string of the molecule is CNCc1oc2ccccc2c1COCCCC(F)(F)F. The highest BCUT2D eigenvalue weighted by Gasteiger charge is 2.26. The largest absolute Gasteiger partial charge is 0.459 e. The van der Waals surface area contributed by atoms with E-state index in [0.717, 1.165) is 22.3 Å². The number of hydrogen-bond acceptors (Lipinski definition) is 3. The van der Waals surface area contributed by atoms with Crippen molar-refractivity contribution < 1.29 is 22.3 Å². The Bertz CT molecular complexity index is 578. The van der Waals surface area contributed by atoms with E-state index in [0.29, 0.717) is 6.54 Å². The van der Waals surface area contributed by atoms with Gasteiger partial charge in [-0.15, -0.1) is 0 Å². The standard InChI is InChI=1S/C15H18F3NO2/c1-19-9-14-12(10-20-8-4-7-15(16,17)18)11-5-2-3-6-13(11)21-14/h2-3,5-6,19H,4,7-10H2,1H3. The number of nitrogens with one attached hydrogen (secondary N) is 1. The molecule has 116 valence electrons. The van der Waals surface area contributed by atoms with Gasteiger partial charge in [0.2, 0.25) is 0 Å². The van der Waals surface area contributed by atoms with E-state index < -0.39 is 12.6 Å². The fraction of sp³-hybridized carbons (Fsp3) is 0.467. The Kier molecular flexibility index (Phi) is 5.25. The molecule has 0 amide bonds. The van der Waals surface area contributed by atoms with E-state index in [9.17, 15) is 13.2 Å². The summed E-state index contributed by atoms with van der Waals surface area (Å²) in [6.45, 7) is 0.889. The molecule has 0 aliphatic rings. The molecule has 0 fully saturated rings. The van der Waals surface area contributed by atoms with E-state index in [1.54, 1.807) is 7.05 Å². The second-order valence-corrected chi connectivity index (χ2v) is 4.80. The van der Waals surface area contributed by atoms with Gasteiger partial charge >= 0.3 is 6.18 Å². The smallest absolute Gasteiger partial charge is 0.389 e. The quantitative estimate of drug-likeness (QED) is 0.785. The number of benzene rings is 1. The Morgan fingerprint density at radius 2 is 2.00 bits per heavy atom. The minimum atomic E-state index is -4.12. The Labute approximate surface area is 121 Å². The van der Waals surface area contributed by atoms with Crippen LogP contribution in [-0.2, 0) is 17.9 Å². The van der Waals surface area contributed by atoms with Crippen molar-refractivity contribution in [3.05, 3.63) is 35.6 Å². The van der Waals surface area contributed by atoms with Gasteiger partial charge in [0.05, 0.1) is 13.2 Å². The number of fused-ring (bicyclic) bond motifs is 1. The zero-order valence-electron chi connectivity index (χ0n) is 11.8. The first-order chi connectivity index (χ1) is 10.0. The number of para-hydroxylation sites is 1. The van der Waals surface area contributed by atoms with Crippen molar-refractivity contribution in [1.82, 2.24) is 5.32 Å². The number of alkyl halides is 3. The van der Waals surface area contributed by atoms with Crippen LogP contribution in [0.25, 0.3) is 11.0 Å². The van der Waals surface area contributed by atoms with Gasteiger partial charge in [0.25, 0.3) is 0 Å². The highest BCUT2D eigenvalue weighted by molar-refractivity contribution is 5.82. The average Bonchev–Trinajstić information content (AvgIpc) is 2.76. The topological polar surface area (TPSA) is 34.4 Å². The molecule has 1 heterocycles. The van der Waals surface area contributed by atoms with Crippen molar-refractivity contribution in [2.24, 2.45) is 0 Å². The van der Waals surface area contributed by atoms with Gasteiger partial charge in [-0.25, -0.2) is 0 Å². The molecule has 1 N–H and O–H groups in total. The molecule has 1 aromatic carbocycles. The summed E-state index contributed by atoms with van der Waals surface area (Å²) < 4.78 is 47.3. The van der Waals surface area contributed by atoms with E-state index in [-0.39, 0.29) is 19.6 Å². The second-order valence-electron chi connectivity index (χ2n) is 4.80. The normalized spacial score (nSPS) is 12.2. The van der Waals surface area contributed by atoms with E-state index in [1.165, 1.54) is 0 Å². The van der Waals surface area contributed by atoms with Crippen LogP contribution in [0.1, 0.15) is 24.2 Å². The summed E-state index contributed by atoms with van der Waals surface area (Å²) in [5.41, 5.74) is 1.66. The molecule has 3 nitrogen and oxygen atoms in total. The van der Waals surface area contributed by atoms with E-state index in [4.69, 9.17) is 9.15 Å². The van der Waals surface area contributed by atoms with E-state index in [1.807, 2.05) is 24.3 Å². The van der Waals surface area contributed by atoms with E-state index in [2.05, 4.69) is 5.32 Å². The maximum Gasteiger partial charge on any atom is 0.389 e. The summed E-state index contributed by atoms with van der Waals surface area (Å²) in [6, 6.07) is 7.56. The van der Waals surface area contributed by atoms with Gasteiger partial charge < -0.3 is 14.5 Å². The Hall–Kier alpha value is -1.53. The molecule has 0 bridgehead atoms. The van der Waals surface area contributed by atoms with Crippen molar-refractivity contribution in [2.45, 2.75) is 32.2 Å². The minimum absolute atomic E-state index is 0.0271. The fourth-order valence-corrected chi connectivity index (χ4v) is 2.16. The van der Waals surface area contributed by atoms with Crippen molar-refractivity contribution >= 4 is 11.0 Å². The van der Waals surface area contributed by atoms with Gasteiger partial charge in [0, 0.05) is 24.0 Å². The molecule has 2 aromatic rings. The molecule has 0 saturated carbocycles. The summed E-state index contributed by atoms with van der Waals surface area (Å²) in [7, 11) is 1.81. The van der Waals surface area contributed by atoms with Crippen LogP contribution in [0.15, 0.2) is 28.7 Å². The maximum atomic E-state index is 12.1. The molecule has 21 heavy (non-hydrogen) atoms. The Balaban J connectivity index is 1.98. The third-order valence-electron chi connectivity index (χ3n) is 3.11. The molecule has 0 spiro atoms. The predicted octanol–water partition coefficient (Wildman–Crippen LogP) is 4.01. The van der Waals surface area contributed by atoms with Crippen LogP contribution in [0.5, 0.6) is 0 Å². The number of rotatable bonds is 7. The monoisotopic (exact) mass is 301 g/mol. The van der Waals surface area contributed by atoms with Crippen molar-refractivity contribution in [2.75, 3.05) is 13.7 Å². The molecular formula is C15H18F3NO2. The van der Waals surface area contributed by atoms with Crippen LogP contribution < -0.4 is 5.32 Å². The molecule has 6 heteroatoms. The number of furan rings is 1. The van der Waals surface area contributed by atoms with Gasteiger partial charge in [-0.05, 0) is 19.5 Å². The molecule has 2 rings (SSSR count). The molecule has 0 radical (unpaired) electrons. The van der Waals surface area contributed by atoms with Crippen molar-refractivity contribution in [3.8, 4) is 0 Å². The van der Waals surface area contributed by atoms with E-state index >= 15 is 0 Å². The summed E-state index contributed by atoms with van der Waals surface area (Å²) in [5.74, 6) is 0.759. The van der Waals surface area contributed by atoms with Crippen LogP contribution in [-0.4, -0.2) is 19.8 Å². The predicted molar refractivity (Wildman–Crippen MR) is 73.9 cm³/mol. The molecule has 0 aliphatic carbocycles. The summed E-state index contributed by atoms with van der Waals surface area (Å²) in [4.78, 5) is 0. The zero-order chi connectivity index (χ0) is 15.3. The molecule has 0 atom stereocenters. The molecule has 0 unspecified atom stereocenters. The van der Waals surface area contributed by atoms with Crippen molar-refractivity contribution in [1.29, 1.82) is 0 Å². The lowest BCUT2D eigenvalue weighted by atomic mass is 10.1. The highest BCUT2D eigenvalue weighted by atomic mass is 19.4. The van der Waals surface area contributed by atoms with Crippen LogP contribution in [0, 0.1) is 0 Å². The van der Waals surface area contributed by atoms with Gasteiger partial charge in [-0.3, -0.25) is 0 Å².